The Kier molecular flexibility index (Phi) is 4.62. The first-order chi connectivity index (χ1) is 10.6. The van der Waals surface area contributed by atoms with Gasteiger partial charge in [-0.05, 0) is 56.9 Å². The van der Waals surface area contributed by atoms with E-state index in [9.17, 15) is 0 Å². The molecule has 2 aromatic rings. The van der Waals surface area contributed by atoms with Crippen LogP contribution in [0.4, 0.5) is 17.5 Å². The molecule has 1 fully saturated rings. The van der Waals surface area contributed by atoms with Crippen LogP contribution in [0.25, 0.3) is 0 Å². The van der Waals surface area contributed by atoms with Gasteiger partial charge in [-0.3, -0.25) is 0 Å². The number of anilines is 3. The van der Waals surface area contributed by atoms with E-state index in [2.05, 4.69) is 50.2 Å². The van der Waals surface area contributed by atoms with E-state index >= 15 is 0 Å². The van der Waals surface area contributed by atoms with E-state index in [1.54, 1.807) is 0 Å². The second-order valence-electron chi connectivity index (χ2n) is 5.83. The molecular formula is C17H21BrN4. The Labute approximate surface area is 140 Å². The summed E-state index contributed by atoms with van der Waals surface area (Å²) >= 11 is 3.52. The van der Waals surface area contributed by atoms with Crippen LogP contribution in [0, 0.1) is 13.8 Å². The summed E-state index contributed by atoms with van der Waals surface area (Å²) in [6, 6.07) is 8.24. The molecule has 1 N–H and O–H groups in total. The molecule has 4 nitrogen and oxygen atoms in total. The van der Waals surface area contributed by atoms with Crippen molar-refractivity contribution < 1.29 is 0 Å². The zero-order valence-electron chi connectivity index (χ0n) is 13.1. The van der Waals surface area contributed by atoms with Crippen LogP contribution in [0.2, 0.25) is 0 Å². The molecule has 2 heterocycles. The molecule has 1 aromatic heterocycles. The monoisotopic (exact) mass is 360 g/mol. The van der Waals surface area contributed by atoms with Gasteiger partial charge in [-0.2, -0.15) is 4.98 Å². The third-order valence-corrected chi connectivity index (χ3v) is 4.82. The van der Waals surface area contributed by atoms with Crippen LogP contribution in [0.3, 0.4) is 0 Å². The lowest BCUT2D eigenvalue weighted by molar-refractivity contribution is 0.573. The van der Waals surface area contributed by atoms with Crippen molar-refractivity contribution in [1.29, 1.82) is 0 Å². The number of halogens is 1. The van der Waals surface area contributed by atoms with Gasteiger partial charge in [0.2, 0.25) is 5.95 Å². The Balaban J connectivity index is 1.83. The van der Waals surface area contributed by atoms with E-state index in [0.29, 0.717) is 5.95 Å². The van der Waals surface area contributed by atoms with E-state index in [-0.39, 0.29) is 0 Å². The van der Waals surface area contributed by atoms with E-state index in [1.165, 1.54) is 24.8 Å². The maximum atomic E-state index is 4.70. The summed E-state index contributed by atoms with van der Waals surface area (Å²) in [6.45, 7) is 6.28. The number of hydrogen-bond acceptors (Lipinski definition) is 4. The molecule has 0 unspecified atom stereocenters. The van der Waals surface area contributed by atoms with Crippen LogP contribution in [0.1, 0.15) is 30.5 Å². The Morgan fingerprint density at radius 3 is 2.55 bits per heavy atom. The van der Waals surface area contributed by atoms with Crippen LogP contribution >= 0.6 is 15.9 Å². The standard InChI is InChI=1S/C17H21BrN4/c1-12-10-14(6-7-15(12)18)20-17-19-13(2)11-16(21-17)22-8-4-3-5-9-22/h6-7,10-11H,3-5,8-9H2,1-2H3,(H,19,20,21). The molecule has 1 aromatic carbocycles. The lowest BCUT2D eigenvalue weighted by Crippen LogP contribution is -2.30. The molecule has 0 saturated carbocycles. The SMILES string of the molecule is Cc1cc(N2CCCCC2)nc(Nc2ccc(Br)c(C)c2)n1. The summed E-state index contributed by atoms with van der Waals surface area (Å²) in [5.74, 6) is 1.70. The molecule has 3 rings (SSSR count). The van der Waals surface area contributed by atoms with Gasteiger partial charge in [0.1, 0.15) is 5.82 Å². The topological polar surface area (TPSA) is 41.1 Å². The van der Waals surface area contributed by atoms with Crippen molar-refractivity contribution in [3.8, 4) is 0 Å². The summed E-state index contributed by atoms with van der Waals surface area (Å²) in [5.41, 5.74) is 3.19. The number of aryl methyl sites for hydroxylation is 2. The molecule has 1 saturated heterocycles. The highest BCUT2D eigenvalue weighted by Crippen LogP contribution is 2.24. The number of aromatic nitrogens is 2. The minimum absolute atomic E-state index is 0.669. The van der Waals surface area contributed by atoms with E-state index in [1.807, 2.05) is 19.1 Å². The lowest BCUT2D eigenvalue weighted by atomic mass is 10.1. The normalized spacial score (nSPS) is 15.0. The molecule has 0 atom stereocenters. The Morgan fingerprint density at radius 2 is 1.82 bits per heavy atom. The number of nitrogens with zero attached hydrogens (tertiary/aromatic N) is 3. The molecule has 0 bridgehead atoms. The lowest BCUT2D eigenvalue weighted by Gasteiger charge is -2.28. The first-order valence-corrected chi connectivity index (χ1v) is 8.55. The highest BCUT2D eigenvalue weighted by atomic mass is 79.9. The fourth-order valence-corrected chi connectivity index (χ4v) is 2.99. The van der Waals surface area contributed by atoms with Crippen LogP contribution in [0.15, 0.2) is 28.7 Å². The van der Waals surface area contributed by atoms with Gasteiger partial charge in [0.05, 0.1) is 0 Å². The first kappa shape index (κ1) is 15.3. The summed E-state index contributed by atoms with van der Waals surface area (Å²) in [5, 5.41) is 3.32. The molecule has 0 radical (unpaired) electrons. The fourth-order valence-electron chi connectivity index (χ4n) is 2.74. The fraction of sp³-hybridized carbons (Fsp3) is 0.412. The molecule has 1 aliphatic heterocycles. The predicted octanol–water partition coefficient (Wildman–Crippen LogP) is 4.59. The number of rotatable bonds is 3. The molecule has 0 aliphatic carbocycles. The zero-order valence-corrected chi connectivity index (χ0v) is 14.7. The van der Waals surface area contributed by atoms with Gasteiger partial charge in [-0.15, -0.1) is 0 Å². The summed E-state index contributed by atoms with van der Waals surface area (Å²) in [6.07, 6.45) is 3.82. The average Bonchev–Trinajstić information content (AvgIpc) is 2.51. The van der Waals surface area contributed by atoms with Crippen molar-refractivity contribution in [1.82, 2.24) is 9.97 Å². The molecule has 116 valence electrons. The summed E-state index contributed by atoms with van der Waals surface area (Å²) in [4.78, 5) is 11.6. The summed E-state index contributed by atoms with van der Waals surface area (Å²) < 4.78 is 1.11. The van der Waals surface area contributed by atoms with Gasteiger partial charge in [-0.25, -0.2) is 4.98 Å². The predicted molar refractivity (Wildman–Crippen MR) is 95.0 cm³/mol. The van der Waals surface area contributed by atoms with Gasteiger partial charge in [-0.1, -0.05) is 15.9 Å². The quantitative estimate of drug-likeness (QED) is 0.868. The van der Waals surface area contributed by atoms with Crippen LogP contribution < -0.4 is 10.2 Å². The minimum atomic E-state index is 0.669. The Morgan fingerprint density at radius 1 is 1.05 bits per heavy atom. The van der Waals surface area contributed by atoms with Gasteiger partial charge >= 0.3 is 0 Å². The number of hydrogen-bond donors (Lipinski definition) is 1. The van der Waals surface area contributed by atoms with Crippen molar-refractivity contribution in [3.63, 3.8) is 0 Å². The van der Waals surface area contributed by atoms with E-state index in [0.717, 1.165) is 34.8 Å². The van der Waals surface area contributed by atoms with E-state index in [4.69, 9.17) is 4.98 Å². The van der Waals surface area contributed by atoms with Crippen molar-refractivity contribution in [2.75, 3.05) is 23.3 Å². The third-order valence-electron chi connectivity index (χ3n) is 3.93. The maximum absolute atomic E-state index is 4.70. The van der Waals surface area contributed by atoms with Crippen LogP contribution in [-0.4, -0.2) is 23.1 Å². The van der Waals surface area contributed by atoms with Crippen LogP contribution in [0.5, 0.6) is 0 Å². The highest BCUT2D eigenvalue weighted by Gasteiger charge is 2.14. The first-order valence-electron chi connectivity index (χ1n) is 7.75. The van der Waals surface area contributed by atoms with Gasteiger partial charge < -0.3 is 10.2 Å². The smallest absolute Gasteiger partial charge is 0.229 e. The van der Waals surface area contributed by atoms with Gasteiger partial charge in [0.15, 0.2) is 0 Å². The minimum Gasteiger partial charge on any atom is -0.356 e. The van der Waals surface area contributed by atoms with Crippen molar-refractivity contribution in [2.24, 2.45) is 0 Å². The highest BCUT2D eigenvalue weighted by molar-refractivity contribution is 9.10. The molecule has 22 heavy (non-hydrogen) atoms. The van der Waals surface area contributed by atoms with Crippen molar-refractivity contribution in [2.45, 2.75) is 33.1 Å². The Bertz CT molecular complexity index is 666. The van der Waals surface area contributed by atoms with Gasteiger partial charge in [0, 0.05) is 35.0 Å². The Hall–Kier alpha value is -1.62. The average molecular weight is 361 g/mol. The van der Waals surface area contributed by atoms with Crippen molar-refractivity contribution >= 4 is 33.4 Å². The second-order valence-corrected chi connectivity index (χ2v) is 6.68. The number of benzene rings is 1. The van der Waals surface area contributed by atoms with Crippen LogP contribution in [-0.2, 0) is 0 Å². The molecule has 1 aliphatic rings. The largest absolute Gasteiger partial charge is 0.356 e. The third kappa shape index (κ3) is 3.58. The number of piperidine rings is 1. The maximum Gasteiger partial charge on any atom is 0.229 e. The molecule has 5 heteroatoms. The summed E-state index contributed by atoms with van der Waals surface area (Å²) in [7, 11) is 0. The zero-order chi connectivity index (χ0) is 15.5. The van der Waals surface area contributed by atoms with Crippen molar-refractivity contribution in [3.05, 3.63) is 40.0 Å². The molecule has 0 spiro atoms. The molecule has 0 amide bonds. The van der Waals surface area contributed by atoms with Gasteiger partial charge in [0.25, 0.3) is 0 Å². The molecular weight excluding hydrogens is 340 g/mol. The van der Waals surface area contributed by atoms with E-state index < -0.39 is 0 Å². The number of nitrogens with one attached hydrogen (secondary N) is 1. The second kappa shape index (κ2) is 6.65.